The van der Waals surface area contributed by atoms with Gasteiger partial charge in [0.05, 0.1) is 44.1 Å². The molecule has 2 N–H and O–H groups in total. The standard InChI is InChI=1S/C32H44N2O9S/c1-22(2)18-34(44(37,38)27-12-10-26(39-4)11-13-27)19-29(42-23(3)35)25(16-24-8-6-5-7-9-24)17-31(36)43-30-20-41-32(21-33)28(30)14-15-40-32/h5-13,22,25,28-30H,14-21,33H2,1-4H3/t25-,28+,29-,30+,32-/m1/s1. The van der Waals surface area contributed by atoms with Crippen molar-refractivity contribution in [1.29, 1.82) is 0 Å². The van der Waals surface area contributed by atoms with Gasteiger partial charge in [-0.1, -0.05) is 44.2 Å². The molecular weight excluding hydrogens is 588 g/mol. The zero-order valence-corrected chi connectivity index (χ0v) is 26.7. The van der Waals surface area contributed by atoms with Crippen molar-refractivity contribution in [2.75, 3.05) is 40.0 Å². The monoisotopic (exact) mass is 632 g/mol. The van der Waals surface area contributed by atoms with Crippen molar-refractivity contribution in [1.82, 2.24) is 4.31 Å². The molecule has 2 aromatic carbocycles. The van der Waals surface area contributed by atoms with Gasteiger partial charge < -0.3 is 29.4 Å². The second-order valence-electron chi connectivity index (χ2n) is 11.8. The molecule has 44 heavy (non-hydrogen) atoms. The molecule has 2 aliphatic rings. The van der Waals surface area contributed by atoms with Crippen LogP contribution in [0.1, 0.15) is 39.2 Å². The summed E-state index contributed by atoms with van der Waals surface area (Å²) in [6.45, 7) is 5.93. The Balaban J connectivity index is 1.61. The van der Waals surface area contributed by atoms with Gasteiger partial charge in [0.1, 0.15) is 18.0 Å². The number of methoxy groups -OCH3 is 1. The highest BCUT2D eigenvalue weighted by Gasteiger charge is 2.55. The molecule has 0 bridgehead atoms. The molecule has 0 unspecified atom stereocenters. The second kappa shape index (κ2) is 14.8. The Morgan fingerprint density at radius 3 is 2.39 bits per heavy atom. The number of rotatable bonds is 15. The Kier molecular flexibility index (Phi) is 11.4. The Morgan fingerprint density at radius 1 is 1.07 bits per heavy atom. The first-order chi connectivity index (χ1) is 21.0. The van der Waals surface area contributed by atoms with Crippen LogP contribution < -0.4 is 10.5 Å². The van der Waals surface area contributed by atoms with Crippen molar-refractivity contribution in [3.8, 4) is 5.75 Å². The minimum atomic E-state index is -4.00. The van der Waals surface area contributed by atoms with Crippen LogP contribution >= 0.6 is 0 Å². The lowest BCUT2D eigenvalue weighted by atomic mass is 9.90. The molecule has 5 atom stereocenters. The fourth-order valence-electron chi connectivity index (χ4n) is 5.98. The molecule has 11 nitrogen and oxygen atoms in total. The van der Waals surface area contributed by atoms with Gasteiger partial charge in [0, 0.05) is 25.9 Å². The highest BCUT2D eigenvalue weighted by atomic mass is 32.2. The molecule has 2 aromatic rings. The minimum Gasteiger partial charge on any atom is -0.497 e. The number of hydrogen-bond acceptors (Lipinski definition) is 10. The first kappa shape index (κ1) is 33.9. The van der Waals surface area contributed by atoms with Gasteiger partial charge in [-0.2, -0.15) is 4.31 Å². The van der Waals surface area contributed by atoms with Crippen molar-refractivity contribution in [2.24, 2.45) is 23.5 Å². The molecule has 0 radical (unpaired) electrons. The van der Waals surface area contributed by atoms with Gasteiger partial charge in [-0.25, -0.2) is 8.42 Å². The Hall–Kier alpha value is -3.03. The number of hydrogen-bond donors (Lipinski definition) is 1. The van der Waals surface area contributed by atoms with E-state index in [2.05, 4.69) is 0 Å². The van der Waals surface area contributed by atoms with E-state index in [1.54, 1.807) is 12.1 Å². The normalized spacial score (nSPS) is 22.9. The zero-order valence-electron chi connectivity index (χ0n) is 25.8. The van der Waals surface area contributed by atoms with Gasteiger partial charge >= 0.3 is 11.9 Å². The summed E-state index contributed by atoms with van der Waals surface area (Å²) in [6.07, 6.45) is -0.556. The number of fused-ring (bicyclic) bond motifs is 1. The third-order valence-corrected chi connectivity index (χ3v) is 9.96. The molecule has 2 saturated heterocycles. The number of benzene rings is 2. The van der Waals surface area contributed by atoms with E-state index in [1.165, 1.54) is 30.5 Å². The van der Waals surface area contributed by atoms with Gasteiger partial charge in [0.25, 0.3) is 0 Å². The van der Waals surface area contributed by atoms with Crippen LogP contribution in [-0.4, -0.2) is 82.6 Å². The second-order valence-corrected chi connectivity index (χ2v) is 13.7. The van der Waals surface area contributed by atoms with Crippen LogP contribution in [0.4, 0.5) is 0 Å². The molecular formula is C32H44N2O9S. The maximum absolute atomic E-state index is 13.9. The number of nitrogens with two attached hydrogens (primary N) is 1. The van der Waals surface area contributed by atoms with E-state index < -0.39 is 45.9 Å². The highest BCUT2D eigenvalue weighted by molar-refractivity contribution is 7.89. The van der Waals surface area contributed by atoms with Crippen LogP contribution in [-0.2, 0) is 45.0 Å². The van der Waals surface area contributed by atoms with Gasteiger partial charge in [-0.3, -0.25) is 9.59 Å². The summed E-state index contributed by atoms with van der Waals surface area (Å²) in [4.78, 5) is 26.0. The number of ether oxygens (including phenoxy) is 5. The maximum Gasteiger partial charge on any atom is 0.306 e. The summed E-state index contributed by atoms with van der Waals surface area (Å²) in [6, 6.07) is 15.6. The van der Waals surface area contributed by atoms with Crippen molar-refractivity contribution in [3.05, 3.63) is 60.2 Å². The number of carbonyl (C=O) groups excluding carboxylic acids is 2. The quantitative estimate of drug-likeness (QED) is 0.291. The van der Waals surface area contributed by atoms with Crippen LogP contribution in [0.2, 0.25) is 0 Å². The van der Waals surface area contributed by atoms with Gasteiger partial charge in [0.15, 0.2) is 5.79 Å². The summed E-state index contributed by atoms with van der Waals surface area (Å²) in [5.41, 5.74) is 6.84. The molecule has 0 aromatic heterocycles. The fraction of sp³-hybridized carbons (Fsp3) is 0.562. The molecule has 242 valence electrons. The minimum absolute atomic E-state index is 0.0302. The molecule has 0 saturated carbocycles. The molecule has 2 aliphatic heterocycles. The average molecular weight is 633 g/mol. The average Bonchev–Trinajstić information content (AvgIpc) is 3.56. The summed E-state index contributed by atoms with van der Waals surface area (Å²) in [5.74, 6) is -2.28. The summed E-state index contributed by atoms with van der Waals surface area (Å²) < 4.78 is 57.6. The molecule has 12 heteroatoms. The first-order valence-electron chi connectivity index (χ1n) is 15.0. The molecule has 0 amide bonds. The molecule has 4 rings (SSSR count). The Morgan fingerprint density at radius 2 is 1.77 bits per heavy atom. The predicted molar refractivity (Wildman–Crippen MR) is 162 cm³/mol. The maximum atomic E-state index is 13.9. The Bertz CT molecular complexity index is 1350. The largest absolute Gasteiger partial charge is 0.497 e. The third kappa shape index (κ3) is 8.16. The van der Waals surface area contributed by atoms with Gasteiger partial charge in [0.2, 0.25) is 10.0 Å². The SMILES string of the molecule is COc1ccc(S(=O)(=O)N(CC(C)C)C[C@@H](OC(C)=O)[C@@H](CC(=O)O[C@H]2CO[C@@]3(CN)OCC[C@@H]23)Cc2ccccc2)cc1. The summed E-state index contributed by atoms with van der Waals surface area (Å²) >= 11 is 0. The molecule has 2 fully saturated rings. The first-order valence-corrected chi connectivity index (χ1v) is 16.4. The van der Waals surface area contributed by atoms with Crippen LogP contribution in [0.15, 0.2) is 59.5 Å². The molecule has 2 heterocycles. The fourth-order valence-corrected chi connectivity index (χ4v) is 7.60. The smallest absolute Gasteiger partial charge is 0.306 e. The van der Waals surface area contributed by atoms with Crippen LogP contribution in [0, 0.1) is 17.8 Å². The number of esters is 2. The van der Waals surface area contributed by atoms with E-state index in [0.717, 1.165) is 5.56 Å². The molecule has 0 spiro atoms. The van der Waals surface area contributed by atoms with Crippen molar-refractivity contribution < 1.29 is 41.7 Å². The lowest BCUT2D eigenvalue weighted by molar-refractivity contribution is -0.187. The van der Waals surface area contributed by atoms with Gasteiger partial charge in [-0.05, 0) is 48.6 Å². The molecule has 0 aliphatic carbocycles. The van der Waals surface area contributed by atoms with E-state index in [4.69, 9.17) is 29.4 Å². The van der Waals surface area contributed by atoms with E-state index in [9.17, 15) is 18.0 Å². The Labute approximate surface area is 260 Å². The predicted octanol–water partition coefficient (Wildman–Crippen LogP) is 3.16. The van der Waals surface area contributed by atoms with E-state index in [0.29, 0.717) is 25.2 Å². The zero-order chi connectivity index (χ0) is 31.9. The van der Waals surface area contributed by atoms with Crippen molar-refractivity contribution >= 4 is 22.0 Å². The highest BCUT2D eigenvalue weighted by Crippen LogP contribution is 2.42. The lowest BCUT2D eigenvalue weighted by Crippen LogP contribution is -2.45. The topological polar surface area (TPSA) is 144 Å². The van der Waals surface area contributed by atoms with E-state index in [1.807, 2.05) is 44.2 Å². The van der Waals surface area contributed by atoms with Crippen molar-refractivity contribution in [3.63, 3.8) is 0 Å². The number of nitrogens with zero attached hydrogens (tertiary/aromatic N) is 1. The van der Waals surface area contributed by atoms with Crippen LogP contribution in [0.3, 0.4) is 0 Å². The number of sulfonamides is 1. The summed E-state index contributed by atoms with van der Waals surface area (Å²) in [7, 11) is -2.49. The summed E-state index contributed by atoms with van der Waals surface area (Å²) in [5, 5.41) is 0. The van der Waals surface area contributed by atoms with Crippen LogP contribution in [0.25, 0.3) is 0 Å². The third-order valence-electron chi connectivity index (χ3n) is 8.11. The van der Waals surface area contributed by atoms with E-state index >= 15 is 0 Å². The number of carbonyl (C=O) groups is 2. The van der Waals surface area contributed by atoms with Crippen molar-refractivity contribution in [2.45, 2.75) is 62.9 Å². The van der Waals surface area contributed by atoms with Crippen LogP contribution in [0.5, 0.6) is 5.75 Å². The lowest BCUT2D eigenvalue weighted by Gasteiger charge is -2.32. The van der Waals surface area contributed by atoms with E-state index in [-0.39, 0.29) is 49.4 Å². The van der Waals surface area contributed by atoms with Gasteiger partial charge in [-0.15, -0.1) is 0 Å².